The van der Waals surface area contributed by atoms with Crippen molar-refractivity contribution in [3.8, 4) is 11.5 Å². The van der Waals surface area contributed by atoms with E-state index >= 15 is 0 Å². The normalized spacial score (nSPS) is 13.2. The largest absolute Gasteiger partial charge is 0.530 e. The van der Waals surface area contributed by atoms with E-state index in [1.165, 1.54) is 0 Å². The van der Waals surface area contributed by atoms with Crippen LogP contribution in [0.15, 0.2) is 48.5 Å². The maximum Gasteiger partial charge on any atom is 0.309 e. The van der Waals surface area contributed by atoms with Crippen LogP contribution in [0.3, 0.4) is 0 Å². The van der Waals surface area contributed by atoms with E-state index in [4.69, 9.17) is 9.47 Å². The molecule has 1 heterocycles. The van der Waals surface area contributed by atoms with E-state index in [0.717, 1.165) is 22.7 Å². The average molecular weight is 239 g/mol. The summed E-state index contributed by atoms with van der Waals surface area (Å²) in [4.78, 5) is 0. The minimum atomic E-state index is 0.689. The van der Waals surface area contributed by atoms with Gasteiger partial charge in [-0.15, -0.1) is 6.07 Å². The molecule has 3 nitrogen and oxygen atoms in total. The van der Waals surface area contributed by atoms with Gasteiger partial charge in [0.25, 0.3) is 0 Å². The van der Waals surface area contributed by atoms with Crippen LogP contribution in [0, 0.1) is 6.23 Å². The van der Waals surface area contributed by atoms with Crippen molar-refractivity contribution in [3.63, 3.8) is 0 Å². The Morgan fingerprint density at radius 2 is 1.83 bits per heavy atom. The zero-order valence-corrected chi connectivity index (χ0v) is 10.1. The number of benzene rings is 2. The monoisotopic (exact) mass is 239 g/mol. The van der Waals surface area contributed by atoms with E-state index in [1.807, 2.05) is 48.5 Å². The lowest BCUT2D eigenvalue weighted by molar-refractivity contribution is -0.425. The lowest BCUT2D eigenvalue weighted by Gasteiger charge is -2.15. The zero-order chi connectivity index (χ0) is 12.5. The standard InChI is InChI=1S/C15H13NO2/c1-16-12-8-4-6-10-14(12)18-15(16)11-7-3-5-9-13(11)17-2/h3-10H,1H2,2H3. The van der Waals surface area contributed by atoms with E-state index in [0.29, 0.717) is 6.23 Å². The third-order valence-corrected chi connectivity index (χ3v) is 2.95. The highest BCUT2D eigenvalue weighted by Crippen LogP contribution is 2.42. The minimum absolute atomic E-state index is 0.689. The van der Waals surface area contributed by atoms with Crippen LogP contribution >= 0.6 is 0 Å². The maximum absolute atomic E-state index is 5.85. The van der Waals surface area contributed by atoms with Gasteiger partial charge in [0.2, 0.25) is 0 Å². The summed E-state index contributed by atoms with van der Waals surface area (Å²) in [6.45, 7) is 4.03. The van der Waals surface area contributed by atoms with Crippen LogP contribution in [0.2, 0.25) is 0 Å². The predicted octanol–water partition coefficient (Wildman–Crippen LogP) is 2.97. The van der Waals surface area contributed by atoms with Crippen molar-refractivity contribution in [1.82, 2.24) is 0 Å². The molecule has 2 aromatic carbocycles. The number of hydrogen-bond donors (Lipinski definition) is 0. The van der Waals surface area contributed by atoms with Crippen molar-refractivity contribution >= 4 is 12.4 Å². The first-order valence-corrected chi connectivity index (χ1v) is 5.69. The fourth-order valence-electron chi connectivity index (χ4n) is 2.06. The lowest BCUT2D eigenvalue weighted by Crippen LogP contribution is -2.14. The summed E-state index contributed by atoms with van der Waals surface area (Å²) in [7, 11) is 1.65. The molecule has 1 aliphatic heterocycles. The summed E-state index contributed by atoms with van der Waals surface area (Å²) in [5.41, 5.74) is 1.85. The summed E-state index contributed by atoms with van der Waals surface area (Å²) >= 11 is 0. The van der Waals surface area contributed by atoms with Gasteiger partial charge in [-0.3, -0.25) is 0 Å². The second kappa shape index (κ2) is 4.11. The van der Waals surface area contributed by atoms with Crippen molar-refractivity contribution in [3.05, 3.63) is 60.3 Å². The topological polar surface area (TPSA) is 21.5 Å². The van der Waals surface area contributed by atoms with Gasteiger partial charge in [-0.25, -0.2) is 4.58 Å². The molecule has 1 aliphatic rings. The summed E-state index contributed by atoms with van der Waals surface area (Å²) < 4.78 is 13.0. The van der Waals surface area contributed by atoms with Crippen LogP contribution in [-0.2, 0) is 0 Å². The molecular weight excluding hydrogens is 226 g/mol. The fraction of sp³-hybridized carbons (Fsp3) is 0.0667. The molecule has 0 fully saturated rings. The summed E-state index contributed by atoms with van der Waals surface area (Å²) in [6.07, 6.45) is 0.689. The van der Waals surface area contributed by atoms with Crippen molar-refractivity contribution in [2.24, 2.45) is 0 Å². The van der Waals surface area contributed by atoms with E-state index < -0.39 is 0 Å². The van der Waals surface area contributed by atoms with Crippen LogP contribution in [0.4, 0.5) is 5.69 Å². The molecule has 0 bridgehead atoms. The molecular formula is C15H13NO2. The number of ether oxygens (including phenoxy) is 2. The smallest absolute Gasteiger partial charge is 0.309 e. The van der Waals surface area contributed by atoms with Gasteiger partial charge in [0, 0.05) is 5.56 Å². The molecule has 0 amide bonds. The van der Waals surface area contributed by atoms with Crippen LogP contribution in [-0.4, -0.2) is 18.4 Å². The van der Waals surface area contributed by atoms with Gasteiger partial charge in [0.15, 0.2) is 11.4 Å². The lowest BCUT2D eigenvalue weighted by atomic mass is 10.1. The molecule has 90 valence electrons. The van der Waals surface area contributed by atoms with E-state index in [-0.39, 0.29) is 0 Å². The van der Waals surface area contributed by atoms with Crippen LogP contribution < -0.4 is 9.47 Å². The van der Waals surface area contributed by atoms with Crippen LogP contribution in [0.1, 0.15) is 5.56 Å². The number of rotatable bonds is 2. The first-order chi connectivity index (χ1) is 8.81. The first kappa shape index (κ1) is 10.7. The summed E-state index contributed by atoms with van der Waals surface area (Å²) in [6, 6.07) is 15.5. The fourth-order valence-corrected chi connectivity index (χ4v) is 2.06. The Morgan fingerprint density at radius 3 is 2.61 bits per heavy atom. The van der Waals surface area contributed by atoms with Crippen LogP contribution in [0.5, 0.6) is 11.5 Å². The SMILES string of the molecule is C=[N+]1c2ccccc2O[C-]1c1ccccc1OC. The predicted molar refractivity (Wildman–Crippen MR) is 69.5 cm³/mol. The molecule has 0 unspecified atom stereocenters. The van der Waals surface area contributed by atoms with Crippen molar-refractivity contribution < 1.29 is 14.0 Å². The molecule has 0 aromatic heterocycles. The summed E-state index contributed by atoms with van der Waals surface area (Å²) in [5, 5.41) is 0. The molecule has 0 spiro atoms. The van der Waals surface area contributed by atoms with Gasteiger partial charge < -0.3 is 9.47 Å². The van der Waals surface area contributed by atoms with E-state index in [1.54, 1.807) is 11.7 Å². The second-order valence-electron chi connectivity index (χ2n) is 4.00. The molecule has 2 aromatic rings. The Bertz CT molecular complexity index is 607. The van der Waals surface area contributed by atoms with Crippen molar-refractivity contribution in [2.45, 2.75) is 0 Å². The number of hydrogen-bond acceptors (Lipinski definition) is 2. The molecule has 0 saturated heterocycles. The Kier molecular flexibility index (Phi) is 2.45. The maximum atomic E-state index is 5.85. The van der Waals surface area contributed by atoms with Gasteiger partial charge in [-0.1, -0.05) is 30.3 Å². The average Bonchev–Trinajstić information content (AvgIpc) is 2.76. The second-order valence-corrected chi connectivity index (χ2v) is 4.00. The highest BCUT2D eigenvalue weighted by Gasteiger charge is 2.32. The minimum Gasteiger partial charge on any atom is -0.530 e. The molecule has 3 heteroatoms. The van der Waals surface area contributed by atoms with Gasteiger partial charge in [-0.05, 0) is 12.1 Å². The van der Waals surface area contributed by atoms with Crippen LogP contribution in [0.25, 0.3) is 0 Å². The van der Waals surface area contributed by atoms with E-state index in [9.17, 15) is 0 Å². The quantitative estimate of drug-likeness (QED) is 0.593. The molecule has 0 radical (unpaired) electrons. The third-order valence-electron chi connectivity index (χ3n) is 2.95. The Balaban J connectivity index is 2.04. The summed E-state index contributed by atoms with van der Waals surface area (Å²) in [5.74, 6) is 1.59. The first-order valence-electron chi connectivity index (χ1n) is 5.69. The van der Waals surface area contributed by atoms with Gasteiger partial charge >= 0.3 is 6.23 Å². The zero-order valence-electron chi connectivity index (χ0n) is 10.1. The number of fused-ring (bicyclic) bond motifs is 1. The number of nitrogens with zero attached hydrogens (tertiary/aromatic N) is 1. The van der Waals surface area contributed by atoms with Gasteiger partial charge in [0.05, 0.1) is 19.6 Å². The highest BCUT2D eigenvalue weighted by atomic mass is 16.5. The molecule has 0 N–H and O–H groups in total. The Morgan fingerprint density at radius 1 is 1.11 bits per heavy atom. The number of methoxy groups -OCH3 is 1. The molecule has 18 heavy (non-hydrogen) atoms. The molecule has 0 atom stereocenters. The van der Waals surface area contributed by atoms with Gasteiger partial charge in [-0.2, -0.15) is 0 Å². The molecule has 0 saturated carbocycles. The van der Waals surface area contributed by atoms with E-state index in [2.05, 4.69) is 6.72 Å². The third kappa shape index (κ3) is 1.52. The van der Waals surface area contributed by atoms with Gasteiger partial charge in [0.1, 0.15) is 0 Å². The Labute approximate surface area is 106 Å². The molecule has 3 rings (SSSR count). The number of para-hydroxylation sites is 3. The molecule has 0 aliphatic carbocycles. The highest BCUT2D eigenvalue weighted by molar-refractivity contribution is 5.54. The van der Waals surface area contributed by atoms with Crippen molar-refractivity contribution in [1.29, 1.82) is 0 Å². The Hall–Kier alpha value is -2.42. The van der Waals surface area contributed by atoms with Crippen molar-refractivity contribution in [2.75, 3.05) is 7.11 Å².